The van der Waals surface area contributed by atoms with E-state index >= 15 is 0 Å². The molecule has 0 atom stereocenters. The Hall–Kier alpha value is -1.46. The van der Waals surface area contributed by atoms with Crippen molar-refractivity contribution in [2.75, 3.05) is 13.2 Å². The molecule has 0 spiro atoms. The third-order valence-electron chi connectivity index (χ3n) is 1.49. The van der Waals surface area contributed by atoms with Crippen LogP contribution in [0.15, 0.2) is 24.3 Å². The first-order valence-electron chi connectivity index (χ1n) is 4.20. The number of ether oxygens (including phenoxy) is 1. The number of hydrogen-bond donors (Lipinski definition) is 1. The molecule has 1 N–H and O–H groups in total. The molecule has 0 saturated heterocycles. The van der Waals surface area contributed by atoms with E-state index in [4.69, 9.17) is 9.84 Å². The summed E-state index contributed by atoms with van der Waals surface area (Å²) in [5.74, 6) is 6.18. The molecule has 0 aliphatic heterocycles. The molecule has 68 valence electrons. The van der Waals surface area contributed by atoms with Crippen molar-refractivity contribution in [1.82, 2.24) is 0 Å². The Balaban J connectivity index is 2.90. The van der Waals surface area contributed by atoms with E-state index in [1.807, 2.05) is 31.2 Å². The maximum Gasteiger partial charge on any atom is 0.134 e. The summed E-state index contributed by atoms with van der Waals surface area (Å²) in [6.07, 6.45) is 0. The van der Waals surface area contributed by atoms with Gasteiger partial charge in [-0.15, -0.1) is 0 Å². The summed E-state index contributed by atoms with van der Waals surface area (Å²) < 4.78 is 5.35. The predicted octanol–water partition coefficient (Wildman–Crippen LogP) is 1.43. The Labute approximate surface area is 78.2 Å². The highest BCUT2D eigenvalue weighted by molar-refractivity contribution is 5.45. The molecule has 0 amide bonds. The second-order valence-corrected chi connectivity index (χ2v) is 2.39. The molecule has 13 heavy (non-hydrogen) atoms. The van der Waals surface area contributed by atoms with Gasteiger partial charge >= 0.3 is 0 Å². The van der Waals surface area contributed by atoms with Gasteiger partial charge in [-0.25, -0.2) is 0 Å². The van der Waals surface area contributed by atoms with E-state index in [0.717, 1.165) is 11.3 Å². The minimum absolute atomic E-state index is 0.125. The Morgan fingerprint density at radius 1 is 1.38 bits per heavy atom. The predicted molar refractivity (Wildman–Crippen MR) is 51.6 cm³/mol. The molecule has 0 heterocycles. The lowest BCUT2D eigenvalue weighted by molar-refractivity contribution is 0.339. The van der Waals surface area contributed by atoms with Gasteiger partial charge in [0.1, 0.15) is 12.4 Å². The molecular formula is C11H12O2. The van der Waals surface area contributed by atoms with Gasteiger partial charge in [-0.05, 0) is 19.1 Å². The first kappa shape index (κ1) is 9.63. The highest BCUT2D eigenvalue weighted by Gasteiger charge is 1.96. The highest BCUT2D eigenvalue weighted by Crippen LogP contribution is 2.16. The minimum Gasteiger partial charge on any atom is -0.493 e. The molecule has 0 radical (unpaired) electrons. The van der Waals surface area contributed by atoms with Crippen molar-refractivity contribution >= 4 is 0 Å². The zero-order valence-electron chi connectivity index (χ0n) is 7.58. The first-order valence-corrected chi connectivity index (χ1v) is 4.20. The summed E-state index contributed by atoms with van der Waals surface area (Å²) in [7, 11) is 0. The van der Waals surface area contributed by atoms with E-state index in [0.29, 0.717) is 6.61 Å². The smallest absolute Gasteiger partial charge is 0.134 e. The second-order valence-electron chi connectivity index (χ2n) is 2.39. The normalized spacial score (nSPS) is 8.77. The van der Waals surface area contributed by atoms with Gasteiger partial charge in [0.25, 0.3) is 0 Å². The van der Waals surface area contributed by atoms with E-state index in [9.17, 15) is 0 Å². The van der Waals surface area contributed by atoms with Crippen LogP contribution in [0.1, 0.15) is 12.5 Å². The van der Waals surface area contributed by atoms with Crippen molar-refractivity contribution in [3.05, 3.63) is 29.8 Å². The Morgan fingerprint density at radius 2 is 2.15 bits per heavy atom. The molecule has 2 heteroatoms. The largest absolute Gasteiger partial charge is 0.493 e. The van der Waals surface area contributed by atoms with Crippen molar-refractivity contribution in [3.63, 3.8) is 0 Å². The average molecular weight is 176 g/mol. The number of rotatable bonds is 2. The molecule has 0 unspecified atom stereocenters. The first-order chi connectivity index (χ1) is 6.38. The molecule has 0 aromatic heterocycles. The maximum absolute atomic E-state index is 8.53. The number of aliphatic hydroxyl groups excluding tert-OH is 1. The quantitative estimate of drug-likeness (QED) is 0.691. The fourth-order valence-electron chi connectivity index (χ4n) is 0.986. The third-order valence-corrected chi connectivity index (χ3v) is 1.49. The summed E-state index contributed by atoms with van der Waals surface area (Å²) in [6.45, 7) is 2.43. The van der Waals surface area contributed by atoms with Gasteiger partial charge in [-0.2, -0.15) is 0 Å². The summed E-state index contributed by atoms with van der Waals surface area (Å²) in [5.41, 5.74) is 0.818. The van der Waals surface area contributed by atoms with E-state index in [1.54, 1.807) is 0 Å². The van der Waals surface area contributed by atoms with Crippen LogP contribution in [-0.2, 0) is 0 Å². The molecule has 0 bridgehead atoms. The lowest BCUT2D eigenvalue weighted by Crippen LogP contribution is -1.93. The van der Waals surface area contributed by atoms with Crippen LogP contribution in [0.25, 0.3) is 0 Å². The number of hydrogen-bond acceptors (Lipinski definition) is 2. The zero-order chi connectivity index (χ0) is 9.52. The number of aliphatic hydroxyl groups is 1. The average Bonchev–Trinajstić information content (AvgIpc) is 2.17. The molecule has 1 aromatic carbocycles. The monoisotopic (exact) mass is 176 g/mol. The van der Waals surface area contributed by atoms with Crippen LogP contribution in [0.5, 0.6) is 5.75 Å². The Morgan fingerprint density at radius 3 is 2.85 bits per heavy atom. The number of para-hydroxylation sites is 1. The summed E-state index contributed by atoms with van der Waals surface area (Å²) in [4.78, 5) is 0. The lowest BCUT2D eigenvalue weighted by atomic mass is 10.2. The standard InChI is InChI=1S/C11H12O2/c1-2-13-11-8-4-3-6-10(11)7-5-9-12/h3-4,6,8,12H,2,9H2,1H3. The van der Waals surface area contributed by atoms with Gasteiger partial charge in [0.2, 0.25) is 0 Å². The molecule has 0 fully saturated rings. The van der Waals surface area contributed by atoms with Crippen LogP contribution >= 0.6 is 0 Å². The fraction of sp³-hybridized carbons (Fsp3) is 0.273. The third kappa shape index (κ3) is 2.81. The van der Waals surface area contributed by atoms with Crippen molar-refractivity contribution in [2.45, 2.75) is 6.92 Å². The van der Waals surface area contributed by atoms with Crippen LogP contribution in [0, 0.1) is 11.8 Å². The van der Waals surface area contributed by atoms with E-state index < -0.39 is 0 Å². The molecule has 0 aliphatic carbocycles. The van der Waals surface area contributed by atoms with E-state index in [2.05, 4.69) is 11.8 Å². The maximum atomic E-state index is 8.53. The Bertz CT molecular complexity index is 320. The van der Waals surface area contributed by atoms with E-state index in [-0.39, 0.29) is 6.61 Å². The molecule has 0 saturated carbocycles. The van der Waals surface area contributed by atoms with Crippen LogP contribution in [0.3, 0.4) is 0 Å². The van der Waals surface area contributed by atoms with Gasteiger partial charge in [0.05, 0.1) is 12.2 Å². The summed E-state index contributed by atoms with van der Waals surface area (Å²) in [5, 5.41) is 8.53. The zero-order valence-corrected chi connectivity index (χ0v) is 7.58. The van der Waals surface area contributed by atoms with Gasteiger partial charge in [-0.1, -0.05) is 24.0 Å². The van der Waals surface area contributed by atoms with Gasteiger partial charge in [0, 0.05) is 0 Å². The van der Waals surface area contributed by atoms with Crippen molar-refractivity contribution in [2.24, 2.45) is 0 Å². The van der Waals surface area contributed by atoms with Gasteiger partial charge in [-0.3, -0.25) is 0 Å². The van der Waals surface area contributed by atoms with Crippen LogP contribution in [-0.4, -0.2) is 18.3 Å². The Kier molecular flexibility index (Phi) is 3.87. The van der Waals surface area contributed by atoms with Crippen LogP contribution < -0.4 is 4.74 Å². The number of benzene rings is 1. The fourth-order valence-corrected chi connectivity index (χ4v) is 0.986. The second kappa shape index (κ2) is 5.23. The van der Waals surface area contributed by atoms with Crippen LogP contribution in [0.2, 0.25) is 0 Å². The summed E-state index contributed by atoms with van der Waals surface area (Å²) >= 11 is 0. The summed E-state index contributed by atoms with van der Waals surface area (Å²) in [6, 6.07) is 7.53. The van der Waals surface area contributed by atoms with Gasteiger partial charge in [0.15, 0.2) is 0 Å². The van der Waals surface area contributed by atoms with Gasteiger partial charge < -0.3 is 9.84 Å². The van der Waals surface area contributed by atoms with E-state index in [1.165, 1.54) is 0 Å². The van der Waals surface area contributed by atoms with Crippen molar-refractivity contribution < 1.29 is 9.84 Å². The lowest BCUT2D eigenvalue weighted by Gasteiger charge is -2.04. The van der Waals surface area contributed by atoms with Crippen molar-refractivity contribution in [3.8, 4) is 17.6 Å². The topological polar surface area (TPSA) is 29.5 Å². The van der Waals surface area contributed by atoms with Crippen LogP contribution in [0.4, 0.5) is 0 Å². The van der Waals surface area contributed by atoms with Crippen molar-refractivity contribution in [1.29, 1.82) is 0 Å². The molecule has 1 aromatic rings. The minimum atomic E-state index is -0.125. The SMILES string of the molecule is CCOc1ccccc1C#CCO. The highest BCUT2D eigenvalue weighted by atomic mass is 16.5. The molecule has 1 rings (SSSR count). The molecular weight excluding hydrogens is 164 g/mol. The molecule has 0 aliphatic rings. The molecule has 2 nitrogen and oxygen atoms in total.